The normalized spacial score (nSPS) is 32.2. The number of nitrogens with zero attached hydrogens (tertiary/aromatic N) is 1. The van der Waals surface area contributed by atoms with Crippen LogP contribution in [-0.4, -0.2) is 29.4 Å². The summed E-state index contributed by atoms with van der Waals surface area (Å²) in [6.45, 7) is 7.76. The maximum absolute atomic E-state index is 5.64. The van der Waals surface area contributed by atoms with Gasteiger partial charge in [-0.15, -0.1) is 0 Å². The maximum atomic E-state index is 5.64. The van der Waals surface area contributed by atoms with Crippen molar-refractivity contribution in [1.82, 2.24) is 4.90 Å². The van der Waals surface area contributed by atoms with Crippen molar-refractivity contribution in [2.75, 3.05) is 19.6 Å². The molecule has 0 amide bonds. The van der Waals surface area contributed by atoms with E-state index in [1.54, 1.807) is 5.54 Å². The Bertz CT molecular complexity index is 193. The van der Waals surface area contributed by atoms with Crippen LogP contribution < -0.4 is 0 Å². The third kappa shape index (κ3) is 3.61. The van der Waals surface area contributed by atoms with E-state index in [-0.39, 0.29) is 0 Å². The number of alkyl halides is 1. The smallest absolute Gasteiger partial charge is 0.0201 e. The molecular formula is C10H17BrClN. The van der Waals surface area contributed by atoms with Crippen molar-refractivity contribution in [3.63, 3.8) is 0 Å². The molecule has 1 aliphatic rings. The minimum atomic E-state index is 0.698. The van der Waals surface area contributed by atoms with Crippen LogP contribution in [0.3, 0.4) is 0 Å². The Morgan fingerprint density at radius 2 is 2.38 bits per heavy atom. The highest BCUT2D eigenvalue weighted by atomic mass is 79.9. The minimum absolute atomic E-state index is 0.698. The Morgan fingerprint density at radius 3 is 2.92 bits per heavy atom. The Labute approximate surface area is 94.3 Å². The molecule has 1 fully saturated rings. The first-order valence-corrected chi connectivity index (χ1v) is 6.11. The van der Waals surface area contributed by atoms with E-state index in [9.17, 15) is 0 Å². The predicted octanol–water partition coefficient (Wildman–Crippen LogP) is 3.23. The predicted molar refractivity (Wildman–Crippen MR) is 62.5 cm³/mol. The second kappa shape index (κ2) is 5.38. The monoisotopic (exact) mass is 265 g/mol. The zero-order valence-corrected chi connectivity index (χ0v) is 10.6. The molecule has 0 aliphatic carbocycles. The van der Waals surface area contributed by atoms with Gasteiger partial charge in [0.1, 0.15) is 0 Å². The summed E-state index contributed by atoms with van der Waals surface area (Å²) in [6.07, 6.45) is 1.25. The van der Waals surface area contributed by atoms with Gasteiger partial charge in [-0.1, -0.05) is 34.5 Å². The molecular weight excluding hydrogens is 249 g/mol. The van der Waals surface area contributed by atoms with Crippen LogP contribution in [-0.2, 0) is 0 Å². The molecule has 2 unspecified atom stereocenters. The number of rotatable bonds is 2. The largest absolute Gasteiger partial charge is 0.299 e. The lowest BCUT2D eigenvalue weighted by molar-refractivity contribution is 0.205. The van der Waals surface area contributed by atoms with Crippen LogP contribution >= 0.6 is 27.5 Å². The lowest BCUT2D eigenvalue weighted by Crippen LogP contribution is -2.40. The minimum Gasteiger partial charge on any atom is -0.299 e. The van der Waals surface area contributed by atoms with Crippen LogP contribution in [0.15, 0.2) is 11.1 Å². The first-order valence-electron chi connectivity index (χ1n) is 4.75. The van der Waals surface area contributed by atoms with Gasteiger partial charge < -0.3 is 0 Å². The molecule has 0 spiro atoms. The van der Waals surface area contributed by atoms with E-state index in [0.717, 1.165) is 12.5 Å². The molecule has 1 heterocycles. The Morgan fingerprint density at radius 1 is 1.69 bits per heavy atom. The van der Waals surface area contributed by atoms with E-state index in [0.29, 0.717) is 4.83 Å². The maximum Gasteiger partial charge on any atom is 0.0201 e. The van der Waals surface area contributed by atoms with Gasteiger partial charge >= 0.3 is 0 Å². The molecule has 2 atom stereocenters. The standard InChI is InChI=1S/C10H17BrClN/c1-8(5-12)6-13-4-3-10(11)9(2)7-13/h5,9-10H,3-4,6-7H2,1-2H3. The van der Waals surface area contributed by atoms with E-state index >= 15 is 0 Å². The summed E-state index contributed by atoms with van der Waals surface area (Å²) in [6, 6.07) is 0. The zero-order valence-electron chi connectivity index (χ0n) is 8.26. The molecule has 0 saturated carbocycles. The Hall–Kier alpha value is 0.470. The van der Waals surface area contributed by atoms with Gasteiger partial charge in [-0.3, -0.25) is 4.90 Å². The third-order valence-corrected chi connectivity index (χ3v) is 4.28. The Kier molecular flexibility index (Phi) is 4.77. The molecule has 76 valence electrons. The molecule has 0 bridgehead atoms. The first kappa shape index (κ1) is 11.5. The SMILES string of the molecule is CC(=CCl)CN1CCC(Br)C(C)C1. The number of piperidine rings is 1. The van der Waals surface area contributed by atoms with Crippen molar-refractivity contribution in [3.8, 4) is 0 Å². The van der Waals surface area contributed by atoms with Gasteiger partial charge in [0, 0.05) is 23.5 Å². The summed E-state index contributed by atoms with van der Waals surface area (Å²) in [5, 5.41) is 0. The van der Waals surface area contributed by atoms with Gasteiger partial charge in [-0.2, -0.15) is 0 Å². The van der Waals surface area contributed by atoms with E-state index in [1.165, 1.54) is 25.1 Å². The van der Waals surface area contributed by atoms with E-state index in [1.807, 2.05) is 0 Å². The van der Waals surface area contributed by atoms with Gasteiger partial charge in [0.2, 0.25) is 0 Å². The quantitative estimate of drug-likeness (QED) is 0.694. The van der Waals surface area contributed by atoms with Gasteiger partial charge in [0.25, 0.3) is 0 Å². The summed E-state index contributed by atoms with van der Waals surface area (Å²) in [7, 11) is 0. The van der Waals surface area contributed by atoms with Crippen LogP contribution in [0.1, 0.15) is 20.3 Å². The van der Waals surface area contributed by atoms with Crippen molar-refractivity contribution in [2.45, 2.75) is 25.1 Å². The average Bonchev–Trinajstić information content (AvgIpc) is 2.11. The molecule has 0 aromatic carbocycles. The third-order valence-electron chi connectivity index (χ3n) is 2.54. The lowest BCUT2D eigenvalue weighted by atomic mass is 10.00. The van der Waals surface area contributed by atoms with E-state index < -0.39 is 0 Å². The summed E-state index contributed by atoms with van der Waals surface area (Å²) >= 11 is 9.34. The van der Waals surface area contributed by atoms with E-state index in [4.69, 9.17) is 11.6 Å². The molecule has 0 radical (unpaired) electrons. The number of hydrogen-bond donors (Lipinski definition) is 0. The summed E-state index contributed by atoms with van der Waals surface area (Å²) < 4.78 is 0. The lowest BCUT2D eigenvalue weighted by Gasteiger charge is -2.34. The fourth-order valence-corrected chi connectivity index (χ4v) is 2.18. The van der Waals surface area contributed by atoms with Crippen molar-refractivity contribution in [2.24, 2.45) is 5.92 Å². The number of halogens is 2. The van der Waals surface area contributed by atoms with Crippen LogP contribution in [0.5, 0.6) is 0 Å². The van der Waals surface area contributed by atoms with E-state index in [2.05, 4.69) is 34.7 Å². The zero-order chi connectivity index (χ0) is 9.84. The van der Waals surface area contributed by atoms with Gasteiger partial charge in [0.05, 0.1) is 0 Å². The molecule has 0 aromatic rings. The van der Waals surface area contributed by atoms with Crippen LogP contribution in [0.2, 0.25) is 0 Å². The number of likely N-dealkylation sites (tertiary alicyclic amines) is 1. The summed E-state index contributed by atoms with van der Waals surface area (Å²) in [4.78, 5) is 3.17. The molecule has 0 N–H and O–H groups in total. The second-order valence-electron chi connectivity index (χ2n) is 3.97. The van der Waals surface area contributed by atoms with Crippen molar-refractivity contribution in [3.05, 3.63) is 11.1 Å². The summed E-state index contributed by atoms with van der Waals surface area (Å²) in [5.41, 5.74) is 2.94. The molecule has 1 nitrogen and oxygen atoms in total. The highest BCUT2D eigenvalue weighted by molar-refractivity contribution is 9.09. The van der Waals surface area contributed by atoms with Crippen LogP contribution in [0.25, 0.3) is 0 Å². The van der Waals surface area contributed by atoms with Crippen LogP contribution in [0.4, 0.5) is 0 Å². The summed E-state index contributed by atoms with van der Waals surface area (Å²) in [5.74, 6) is 0.747. The molecule has 1 saturated heterocycles. The second-order valence-corrected chi connectivity index (χ2v) is 5.37. The van der Waals surface area contributed by atoms with Gasteiger partial charge in [0.15, 0.2) is 0 Å². The Balaban J connectivity index is 2.37. The van der Waals surface area contributed by atoms with Crippen molar-refractivity contribution < 1.29 is 0 Å². The van der Waals surface area contributed by atoms with Crippen molar-refractivity contribution >= 4 is 27.5 Å². The molecule has 1 rings (SSSR count). The first-order chi connectivity index (χ1) is 6.13. The molecule has 3 heteroatoms. The van der Waals surface area contributed by atoms with Gasteiger partial charge in [-0.25, -0.2) is 0 Å². The highest BCUT2D eigenvalue weighted by Crippen LogP contribution is 2.23. The average molecular weight is 267 g/mol. The molecule has 1 aliphatic heterocycles. The van der Waals surface area contributed by atoms with Crippen molar-refractivity contribution in [1.29, 1.82) is 0 Å². The topological polar surface area (TPSA) is 3.24 Å². The van der Waals surface area contributed by atoms with Crippen LogP contribution in [0, 0.1) is 5.92 Å². The van der Waals surface area contributed by atoms with Gasteiger partial charge in [-0.05, 0) is 31.4 Å². The fraction of sp³-hybridized carbons (Fsp3) is 0.800. The molecule has 13 heavy (non-hydrogen) atoms. The highest BCUT2D eigenvalue weighted by Gasteiger charge is 2.23. The fourth-order valence-electron chi connectivity index (χ4n) is 1.73. The molecule has 0 aromatic heterocycles. The number of hydrogen-bond acceptors (Lipinski definition) is 1.